The number of halogens is 1. The maximum absolute atomic E-state index is 11.6. The quantitative estimate of drug-likeness (QED) is 0.372. The van der Waals surface area contributed by atoms with Crippen LogP contribution in [0.5, 0.6) is 5.75 Å². The van der Waals surface area contributed by atoms with Gasteiger partial charge in [-0.3, -0.25) is 0 Å². The fourth-order valence-corrected chi connectivity index (χ4v) is 2.65. The molecule has 0 fully saturated rings. The van der Waals surface area contributed by atoms with E-state index >= 15 is 0 Å². The molecule has 0 amide bonds. The Hall–Kier alpha value is -2.01. The van der Waals surface area contributed by atoms with E-state index in [4.69, 9.17) is 21.4 Å². The second-order valence-corrected chi connectivity index (χ2v) is 5.83. The monoisotopic (exact) mass is 353 g/mol. The summed E-state index contributed by atoms with van der Waals surface area (Å²) in [5.74, 6) is -1.81. The molecule has 0 aliphatic carbocycles. The zero-order chi connectivity index (χ0) is 17.9. The number of esters is 1. The van der Waals surface area contributed by atoms with Gasteiger partial charge in [0.15, 0.2) is 0 Å². The van der Waals surface area contributed by atoms with Crippen LogP contribution < -0.4 is 5.11 Å². The first kappa shape index (κ1) is 20.0. The van der Waals surface area contributed by atoms with Gasteiger partial charge in [-0.25, -0.2) is 9.59 Å². The van der Waals surface area contributed by atoms with Crippen LogP contribution in [0.3, 0.4) is 0 Å². The lowest BCUT2D eigenvalue weighted by Crippen LogP contribution is -2.05. The molecular formula is C18H22ClO5-. The zero-order valence-corrected chi connectivity index (χ0v) is 14.3. The van der Waals surface area contributed by atoms with E-state index < -0.39 is 11.9 Å². The molecule has 0 unspecified atom stereocenters. The molecule has 0 heterocycles. The Kier molecular flexibility index (Phi) is 8.94. The molecule has 0 saturated heterocycles. The molecule has 6 heteroatoms. The number of ether oxygens (including phenoxy) is 1. The molecule has 1 N–H and O–H groups in total. The van der Waals surface area contributed by atoms with Crippen molar-refractivity contribution in [2.24, 2.45) is 0 Å². The first-order valence-electron chi connectivity index (χ1n) is 7.98. The molecule has 0 bridgehead atoms. The number of carboxylic acid groups (broad SMARTS) is 1. The van der Waals surface area contributed by atoms with Gasteiger partial charge in [0.2, 0.25) is 0 Å². The number of carboxylic acids is 1. The molecule has 0 radical (unpaired) electrons. The first-order chi connectivity index (χ1) is 11.5. The summed E-state index contributed by atoms with van der Waals surface area (Å²) in [6.45, 7) is 3.72. The molecule has 132 valence electrons. The summed E-state index contributed by atoms with van der Waals surface area (Å²) >= 11 is 5.95. The fourth-order valence-electron chi connectivity index (χ4n) is 2.39. The number of carbonyl (C=O) groups is 2. The van der Waals surface area contributed by atoms with Crippen molar-refractivity contribution in [3.8, 4) is 5.75 Å². The number of carbonyl (C=O) groups excluding carboxylic acids is 1. The summed E-state index contributed by atoms with van der Waals surface area (Å²) in [6.07, 6.45) is 7.09. The largest absolute Gasteiger partial charge is 0.871 e. The summed E-state index contributed by atoms with van der Waals surface area (Å²) in [5.41, 5.74) is 0.525. The summed E-state index contributed by atoms with van der Waals surface area (Å²) < 4.78 is 4.88. The predicted octanol–water partition coefficient (Wildman–Crippen LogP) is 3.72. The minimum Gasteiger partial charge on any atom is -0.871 e. The lowest BCUT2D eigenvalue weighted by molar-refractivity contribution is -0.268. The Labute approximate surface area is 146 Å². The van der Waals surface area contributed by atoms with Crippen LogP contribution in [0.25, 0.3) is 0 Å². The highest BCUT2D eigenvalue weighted by Gasteiger charge is 2.13. The predicted molar refractivity (Wildman–Crippen MR) is 90.4 cm³/mol. The third-order valence-corrected chi connectivity index (χ3v) is 4.08. The van der Waals surface area contributed by atoms with E-state index in [-0.39, 0.29) is 16.3 Å². The molecule has 0 atom stereocenters. The smallest absolute Gasteiger partial charge is 0.336 e. The van der Waals surface area contributed by atoms with Gasteiger partial charge < -0.3 is 14.9 Å². The topological polar surface area (TPSA) is 86.7 Å². The summed E-state index contributed by atoms with van der Waals surface area (Å²) in [6, 6.07) is 2.50. The third-order valence-electron chi connectivity index (χ3n) is 3.67. The van der Waals surface area contributed by atoms with Crippen molar-refractivity contribution in [2.45, 2.75) is 44.9 Å². The van der Waals surface area contributed by atoms with Crippen molar-refractivity contribution in [3.63, 3.8) is 0 Å². The second-order valence-electron chi connectivity index (χ2n) is 5.45. The Bertz CT molecular complexity index is 583. The van der Waals surface area contributed by atoms with Crippen LogP contribution in [-0.4, -0.2) is 23.7 Å². The van der Waals surface area contributed by atoms with Gasteiger partial charge in [-0.05, 0) is 30.9 Å². The van der Waals surface area contributed by atoms with E-state index in [9.17, 15) is 14.7 Å². The normalized spacial score (nSPS) is 10.4. The molecule has 1 rings (SSSR count). The summed E-state index contributed by atoms with van der Waals surface area (Å²) in [7, 11) is 0. The molecule has 1 aromatic rings. The van der Waals surface area contributed by atoms with E-state index in [1.165, 1.54) is 12.1 Å². The number of benzene rings is 1. The van der Waals surface area contributed by atoms with E-state index in [1.54, 1.807) is 0 Å². The molecule has 5 nitrogen and oxygen atoms in total. The Morgan fingerprint density at radius 1 is 1.17 bits per heavy atom. The Morgan fingerprint density at radius 3 is 2.42 bits per heavy atom. The number of aromatic carboxylic acids is 1. The minimum atomic E-state index is -1.07. The van der Waals surface area contributed by atoms with Crippen molar-refractivity contribution in [3.05, 3.63) is 40.9 Å². The molecule has 0 aliphatic rings. The van der Waals surface area contributed by atoms with Gasteiger partial charge in [0, 0.05) is 11.1 Å². The van der Waals surface area contributed by atoms with Crippen LogP contribution >= 0.6 is 11.6 Å². The standard InChI is InChI=1S/C18H23ClO5/c1-2-16(21)24-12-8-6-4-3-5-7-9-13-14(18(22)23)10-11-15(20)17(13)19/h2,10-11,20H,1,3-9,12H2,(H,22,23)/p-1. The zero-order valence-electron chi connectivity index (χ0n) is 13.6. The molecular weight excluding hydrogens is 332 g/mol. The first-order valence-corrected chi connectivity index (χ1v) is 8.36. The van der Waals surface area contributed by atoms with E-state index in [0.29, 0.717) is 18.6 Å². The van der Waals surface area contributed by atoms with Gasteiger partial charge >= 0.3 is 11.9 Å². The lowest BCUT2D eigenvalue weighted by atomic mass is 10.00. The Morgan fingerprint density at radius 2 is 1.79 bits per heavy atom. The van der Waals surface area contributed by atoms with Crippen LogP contribution in [0.2, 0.25) is 5.02 Å². The van der Waals surface area contributed by atoms with Crippen LogP contribution in [0.1, 0.15) is 54.4 Å². The fraction of sp³-hybridized carbons (Fsp3) is 0.444. The highest BCUT2D eigenvalue weighted by molar-refractivity contribution is 6.33. The molecule has 0 aliphatic heterocycles. The lowest BCUT2D eigenvalue weighted by Gasteiger charge is -2.15. The molecule has 24 heavy (non-hydrogen) atoms. The van der Waals surface area contributed by atoms with Crippen LogP contribution in [-0.2, 0) is 16.0 Å². The minimum absolute atomic E-state index is 0.0129. The van der Waals surface area contributed by atoms with Gasteiger partial charge in [-0.15, -0.1) is 0 Å². The van der Waals surface area contributed by atoms with Crippen LogP contribution in [0.15, 0.2) is 24.8 Å². The van der Waals surface area contributed by atoms with Gasteiger partial charge in [0.25, 0.3) is 0 Å². The number of unbranched alkanes of at least 4 members (excludes halogenated alkanes) is 5. The number of hydrogen-bond acceptors (Lipinski definition) is 4. The number of hydrogen-bond donors (Lipinski definition) is 1. The average Bonchev–Trinajstić information content (AvgIpc) is 2.56. The summed E-state index contributed by atoms with van der Waals surface area (Å²) in [4.78, 5) is 22.0. The summed E-state index contributed by atoms with van der Waals surface area (Å²) in [5, 5.41) is 20.7. The van der Waals surface area contributed by atoms with Crippen molar-refractivity contribution in [2.75, 3.05) is 6.61 Å². The maximum atomic E-state index is 11.6. The molecule has 0 spiro atoms. The van der Waals surface area contributed by atoms with E-state index in [2.05, 4.69) is 6.58 Å². The van der Waals surface area contributed by atoms with Crippen molar-refractivity contribution < 1.29 is 24.5 Å². The van der Waals surface area contributed by atoms with Crippen molar-refractivity contribution >= 4 is 23.5 Å². The number of rotatable bonds is 11. The highest BCUT2D eigenvalue weighted by atomic mass is 35.5. The van der Waals surface area contributed by atoms with Crippen molar-refractivity contribution in [1.82, 2.24) is 0 Å². The second kappa shape index (κ2) is 10.7. The van der Waals surface area contributed by atoms with Gasteiger partial charge in [-0.1, -0.05) is 55.7 Å². The van der Waals surface area contributed by atoms with Crippen molar-refractivity contribution in [1.29, 1.82) is 0 Å². The van der Waals surface area contributed by atoms with Crippen LogP contribution in [0.4, 0.5) is 0 Å². The average molecular weight is 354 g/mol. The third kappa shape index (κ3) is 6.62. The molecule has 0 saturated carbocycles. The SMILES string of the molecule is C=CC(=O)OCCCCCCCCc1c(C(=O)O)ccc([O-])c1Cl. The highest BCUT2D eigenvalue weighted by Crippen LogP contribution is 2.29. The van der Waals surface area contributed by atoms with Gasteiger partial charge in [0.1, 0.15) is 0 Å². The van der Waals surface area contributed by atoms with Gasteiger partial charge in [0.05, 0.1) is 12.2 Å². The van der Waals surface area contributed by atoms with E-state index in [0.717, 1.165) is 44.6 Å². The Balaban J connectivity index is 2.26. The molecule has 0 aromatic heterocycles. The van der Waals surface area contributed by atoms with Crippen LogP contribution in [0, 0.1) is 0 Å². The van der Waals surface area contributed by atoms with Gasteiger partial charge in [-0.2, -0.15) is 0 Å². The molecule has 1 aromatic carbocycles. The maximum Gasteiger partial charge on any atom is 0.336 e. The van der Waals surface area contributed by atoms with E-state index in [1.807, 2.05) is 0 Å².